The van der Waals surface area contributed by atoms with Crippen LogP contribution in [0.1, 0.15) is 53.9 Å². The molecule has 5 heteroatoms. The summed E-state index contributed by atoms with van der Waals surface area (Å²) in [6.07, 6.45) is 3.53. The zero-order valence-electron chi connectivity index (χ0n) is 15.9. The molecule has 1 rings (SSSR count). The Bertz CT molecular complexity index is 620. The lowest BCUT2D eigenvalue weighted by Gasteiger charge is -2.26. The molecular formula is C20H30N2O3. The van der Waals surface area contributed by atoms with E-state index in [1.165, 1.54) is 0 Å². The van der Waals surface area contributed by atoms with E-state index >= 15 is 0 Å². The monoisotopic (exact) mass is 346 g/mol. The summed E-state index contributed by atoms with van der Waals surface area (Å²) in [5.74, 6) is 0.311. The highest BCUT2D eigenvalue weighted by Gasteiger charge is 2.31. The van der Waals surface area contributed by atoms with Crippen molar-refractivity contribution < 1.29 is 14.3 Å². The highest BCUT2D eigenvalue weighted by Crippen LogP contribution is 2.30. The van der Waals surface area contributed by atoms with Gasteiger partial charge < -0.3 is 15.4 Å². The number of allylic oxidation sites excluding steroid dienone is 1. The molecule has 0 aliphatic rings. The molecule has 0 aliphatic heterocycles. The van der Waals surface area contributed by atoms with Crippen LogP contribution in [0.3, 0.4) is 0 Å². The van der Waals surface area contributed by atoms with Crippen LogP contribution in [0.4, 0.5) is 10.5 Å². The predicted molar refractivity (Wildman–Crippen MR) is 102 cm³/mol. The Morgan fingerprint density at radius 1 is 1.24 bits per heavy atom. The maximum atomic E-state index is 12.7. The van der Waals surface area contributed by atoms with E-state index in [0.717, 1.165) is 12.8 Å². The molecular weight excluding hydrogens is 316 g/mol. The Labute approximate surface area is 150 Å². The first-order valence-corrected chi connectivity index (χ1v) is 8.62. The fraction of sp³-hybridized carbons (Fsp3) is 0.500. The van der Waals surface area contributed by atoms with Crippen molar-refractivity contribution >= 4 is 17.7 Å². The Morgan fingerprint density at radius 2 is 1.92 bits per heavy atom. The molecule has 25 heavy (non-hydrogen) atoms. The van der Waals surface area contributed by atoms with Gasteiger partial charge in [0, 0.05) is 17.3 Å². The Balaban J connectivity index is 2.82. The third kappa shape index (κ3) is 6.99. The molecule has 138 valence electrons. The van der Waals surface area contributed by atoms with Crippen molar-refractivity contribution in [2.45, 2.75) is 59.4 Å². The predicted octanol–water partition coefficient (Wildman–Crippen LogP) is 4.89. The largest absolute Gasteiger partial charge is 0.413 e. The number of carbonyl (C=O) groups excluding carboxylic acids is 2. The van der Waals surface area contributed by atoms with Crippen LogP contribution in [-0.4, -0.2) is 17.5 Å². The molecule has 1 unspecified atom stereocenters. The normalized spacial score (nSPS) is 13.5. The smallest absolute Gasteiger partial charge is 0.410 e. The molecule has 0 aromatic heterocycles. The minimum Gasteiger partial charge on any atom is -0.410 e. The Kier molecular flexibility index (Phi) is 7.22. The van der Waals surface area contributed by atoms with Gasteiger partial charge in [0.05, 0.1) is 5.41 Å². The van der Waals surface area contributed by atoms with Crippen molar-refractivity contribution in [2.24, 2.45) is 5.41 Å². The van der Waals surface area contributed by atoms with Crippen LogP contribution < -0.4 is 15.4 Å². The first kappa shape index (κ1) is 20.7. The summed E-state index contributed by atoms with van der Waals surface area (Å²) < 4.78 is 5.28. The maximum absolute atomic E-state index is 12.7. The molecule has 0 heterocycles. The molecule has 2 amide bonds. The molecule has 0 aliphatic carbocycles. The van der Waals surface area contributed by atoms with E-state index in [4.69, 9.17) is 4.74 Å². The molecule has 0 radical (unpaired) electrons. The summed E-state index contributed by atoms with van der Waals surface area (Å²) in [4.78, 5) is 24.5. The SMILES string of the molecule is C=CCC(C)(CCC)C(=O)Nc1cccc(OC(=O)NC(C)(C)C)c1. The number of benzene rings is 1. The molecule has 5 nitrogen and oxygen atoms in total. The lowest BCUT2D eigenvalue weighted by atomic mass is 9.81. The van der Waals surface area contributed by atoms with Crippen molar-refractivity contribution in [3.8, 4) is 5.75 Å². The second kappa shape index (κ2) is 8.70. The van der Waals surface area contributed by atoms with Crippen molar-refractivity contribution in [3.05, 3.63) is 36.9 Å². The molecule has 2 N–H and O–H groups in total. The fourth-order valence-electron chi connectivity index (χ4n) is 2.54. The third-order valence-corrected chi connectivity index (χ3v) is 3.72. The van der Waals surface area contributed by atoms with Gasteiger partial charge in [-0.05, 0) is 45.7 Å². The van der Waals surface area contributed by atoms with Crippen LogP contribution in [0.5, 0.6) is 5.75 Å². The summed E-state index contributed by atoms with van der Waals surface area (Å²) in [5.41, 5.74) is -0.288. The standard InChI is InChI=1S/C20H30N2O3/c1-7-12-20(6,13-8-2)17(23)21-15-10-9-11-16(14-15)25-18(24)22-19(3,4)5/h7,9-11,14H,1,8,12-13H2,2-6H3,(H,21,23)(H,22,24). The first-order valence-electron chi connectivity index (χ1n) is 8.62. The summed E-state index contributed by atoms with van der Waals surface area (Å²) in [6.45, 7) is 13.4. The maximum Gasteiger partial charge on any atom is 0.413 e. The van der Waals surface area contributed by atoms with Crippen LogP contribution in [0.2, 0.25) is 0 Å². The van der Waals surface area contributed by atoms with E-state index in [9.17, 15) is 9.59 Å². The van der Waals surface area contributed by atoms with Gasteiger partial charge in [0.1, 0.15) is 5.75 Å². The van der Waals surface area contributed by atoms with Crippen molar-refractivity contribution in [2.75, 3.05) is 5.32 Å². The van der Waals surface area contributed by atoms with Gasteiger partial charge in [0.25, 0.3) is 0 Å². The van der Waals surface area contributed by atoms with Crippen LogP contribution >= 0.6 is 0 Å². The molecule has 0 spiro atoms. The van der Waals surface area contributed by atoms with Gasteiger partial charge in [-0.25, -0.2) is 4.79 Å². The first-order chi connectivity index (χ1) is 11.6. The van der Waals surface area contributed by atoms with Gasteiger partial charge in [-0.2, -0.15) is 0 Å². The Morgan fingerprint density at radius 3 is 2.48 bits per heavy atom. The molecule has 0 bridgehead atoms. The van der Waals surface area contributed by atoms with Crippen LogP contribution in [0, 0.1) is 5.41 Å². The molecule has 1 aromatic carbocycles. The molecule has 0 saturated heterocycles. The number of carbonyl (C=O) groups is 2. The van der Waals surface area contributed by atoms with E-state index < -0.39 is 11.5 Å². The van der Waals surface area contributed by atoms with Crippen LogP contribution in [-0.2, 0) is 4.79 Å². The summed E-state index contributed by atoms with van der Waals surface area (Å²) >= 11 is 0. The van der Waals surface area contributed by atoms with Gasteiger partial charge in [-0.3, -0.25) is 4.79 Å². The van der Waals surface area contributed by atoms with E-state index in [0.29, 0.717) is 17.9 Å². The average Bonchev–Trinajstić information content (AvgIpc) is 2.45. The van der Waals surface area contributed by atoms with Gasteiger partial charge >= 0.3 is 6.09 Å². The minimum atomic E-state index is -0.529. The number of rotatable bonds is 7. The third-order valence-electron chi connectivity index (χ3n) is 3.72. The molecule has 1 aromatic rings. The highest BCUT2D eigenvalue weighted by molar-refractivity contribution is 5.95. The lowest BCUT2D eigenvalue weighted by Crippen LogP contribution is -2.42. The summed E-state index contributed by atoms with van der Waals surface area (Å²) in [5, 5.41) is 5.64. The van der Waals surface area contributed by atoms with Crippen LogP contribution in [0.25, 0.3) is 0 Å². The second-order valence-electron chi connectivity index (χ2n) is 7.55. The van der Waals surface area contributed by atoms with E-state index in [1.54, 1.807) is 30.3 Å². The topological polar surface area (TPSA) is 67.4 Å². The zero-order valence-corrected chi connectivity index (χ0v) is 15.9. The van der Waals surface area contributed by atoms with E-state index in [1.807, 2.05) is 27.7 Å². The number of hydrogen-bond donors (Lipinski definition) is 2. The number of nitrogens with one attached hydrogen (secondary N) is 2. The van der Waals surface area contributed by atoms with Gasteiger partial charge in [0.2, 0.25) is 5.91 Å². The van der Waals surface area contributed by atoms with Crippen molar-refractivity contribution in [1.82, 2.24) is 5.32 Å². The van der Waals surface area contributed by atoms with E-state index in [-0.39, 0.29) is 11.4 Å². The number of amides is 2. The number of ether oxygens (including phenoxy) is 1. The van der Waals surface area contributed by atoms with Gasteiger partial charge in [-0.15, -0.1) is 6.58 Å². The number of hydrogen-bond acceptors (Lipinski definition) is 3. The van der Waals surface area contributed by atoms with Gasteiger partial charge in [0.15, 0.2) is 0 Å². The summed E-state index contributed by atoms with van der Waals surface area (Å²) in [6, 6.07) is 6.82. The average molecular weight is 346 g/mol. The molecule has 0 saturated carbocycles. The quantitative estimate of drug-likeness (QED) is 0.690. The van der Waals surface area contributed by atoms with Crippen LogP contribution in [0.15, 0.2) is 36.9 Å². The zero-order chi connectivity index (χ0) is 19.1. The van der Waals surface area contributed by atoms with Crippen molar-refractivity contribution in [1.29, 1.82) is 0 Å². The second-order valence-corrected chi connectivity index (χ2v) is 7.55. The Hall–Kier alpha value is -2.30. The molecule has 0 fully saturated rings. The fourth-order valence-corrected chi connectivity index (χ4v) is 2.54. The highest BCUT2D eigenvalue weighted by atomic mass is 16.6. The minimum absolute atomic E-state index is 0.0643. The van der Waals surface area contributed by atoms with Gasteiger partial charge in [-0.1, -0.05) is 32.4 Å². The van der Waals surface area contributed by atoms with E-state index in [2.05, 4.69) is 24.1 Å². The van der Waals surface area contributed by atoms with Crippen molar-refractivity contribution in [3.63, 3.8) is 0 Å². The number of anilines is 1. The molecule has 1 atom stereocenters. The summed E-state index contributed by atoms with van der Waals surface area (Å²) in [7, 11) is 0. The lowest BCUT2D eigenvalue weighted by molar-refractivity contribution is -0.125.